The molecule has 160 valence electrons. The quantitative estimate of drug-likeness (QED) is 0.243. The fourth-order valence-electron chi connectivity index (χ4n) is 2.58. The third-order valence-corrected chi connectivity index (χ3v) is 25.1. The molecule has 0 amide bonds. The summed E-state index contributed by atoms with van der Waals surface area (Å²) in [6.45, 7) is 0. The Morgan fingerprint density at radius 2 is 0.862 bits per heavy atom. The highest BCUT2D eigenvalue weighted by Gasteiger charge is 2.71. The Bertz CT molecular complexity index is 818. The monoisotopic (exact) mass is 1100 g/mol. The zero-order chi connectivity index (χ0) is 22.3. The van der Waals surface area contributed by atoms with E-state index in [2.05, 4.69) is 187 Å². The van der Waals surface area contributed by atoms with E-state index in [0.29, 0.717) is 0 Å². The zero-order valence-corrected chi connectivity index (χ0v) is 31.5. The third kappa shape index (κ3) is 5.16. The Morgan fingerprint density at radius 1 is 0.483 bits per heavy atom. The first-order valence-corrected chi connectivity index (χ1v) is 16.7. The van der Waals surface area contributed by atoms with Crippen molar-refractivity contribution in [1.29, 1.82) is 0 Å². The van der Waals surface area contributed by atoms with Gasteiger partial charge in [0.25, 0.3) is 0 Å². The molecule has 0 heterocycles. The van der Waals surface area contributed by atoms with Gasteiger partial charge in [0.15, 0.2) is 0 Å². The van der Waals surface area contributed by atoms with Crippen molar-refractivity contribution in [3.05, 3.63) is 71.8 Å². The minimum atomic E-state index is -0.859. The molecule has 0 bridgehead atoms. The molecular formula is C18H11Br11. The van der Waals surface area contributed by atoms with Crippen LogP contribution in [0, 0.1) is 0 Å². The van der Waals surface area contributed by atoms with Gasteiger partial charge in [-0.3, -0.25) is 0 Å². The van der Waals surface area contributed by atoms with E-state index in [1.807, 2.05) is 48.5 Å². The lowest BCUT2D eigenvalue weighted by molar-refractivity contribution is 0.558. The van der Waals surface area contributed by atoms with Gasteiger partial charge in [-0.05, 0) is 11.1 Å². The molecule has 29 heavy (non-hydrogen) atoms. The Hall–Kier alpha value is 3.72. The largest absolute Gasteiger partial charge is 0.137 e. The van der Waals surface area contributed by atoms with Gasteiger partial charge < -0.3 is 0 Å². The van der Waals surface area contributed by atoms with Crippen LogP contribution < -0.4 is 0 Å². The predicted molar refractivity (Wildman–Crippen MR) is 166 cm³/mol. The van der Waals surface area contributed by atoms with Crippen LogP contribution in [0.15, 0.2) is 60.7 Å². The van der Waals surface area contributed by atoms with E-state index in [1.165, 1.54) is 0 Å². The number of rotatable bonds is 7. The Morgan fingerprint density at radius 3 is 1.24 bits per heavy atom. The van der Waals surface area contributed by atoms with Crippen LogP contribution in [0.3, 0.4) is 0 Å². The van der Waals surface area contributed by atoms with Crippen LogP contribution in [0.5, 0.6) is 0 Å². The molecule has 0 saturated heterocycles. The minimum Gasteiger partial charge on any atom is -0.0754 e. The smallest absolute Gasteiger partial charge is 0.0754 e. The van der Waals surface area contributed by atoms with Crippen molar-refractivity contribution < 1.29 is 0 Å². The van der Waals surface area contributed by atoms with E-state index < -0.39 is 17.3 Å². The molecule has 0 spiro atoms. The van der Waals surface area contributed by atoms with E-state index in [1.54, 1.807) is 0 Å². The average molecular weight is 1110 g/mol. The van der Waals surface area contributed by atoms with Crippen LogP contribution in [0.1, 0.15) is 11.1 Å². The van der Waals surface area contributed by atoms with E-state index in [4.69, 9.17) is 0 Å². The van der Waals surface area contributed by atoms with Gasteiger partial charge >= 0.3 is 0 Å². The second-order valence-corrected chi connectivity index (χ2v) is 24.1. The molecular weight excluding hydrogens is 1100 g/mol. The summed E-state index contributed by atoms with van der Waals surface area (Å²) in [4.78, 5) is 0. The Kier molecular flexibility index (Phi) is 10.8. The van der Waals surface area contributed by atoms with Crippen LogP contribution in [0.4, 0.5) is 0 Å². The van der Waals surface area contributed by atoms with Crippen molar-refractivity contribution in [2.45, 2.75) is 21.0 Å². The van der Waals surface area contributed by atoms with E-state index in [0.717, 1.165) is 11.1 Å². The lowest BCUT2D eigenvalue weighted by Crippen LogP contribution is -2.62. The number of benzene rings is 2. The van der Waals surface area contributed by atoms with Crippen molar-refractivity contribution in [3.63, 3.8) is 0 Å². The van der Waals surface area contributed by atoms with Crippen LogP contribution in [0.2, 0.25) is 0 Å². The first-order valence-electron chi connectivity index (χ1n) is 7.75. The maximum atomic E-state index is 4.01. The van der Waals surface area contributed by atoms with Crippen LogP contribution >= 0.6 is 175 Å². The zero-order valence-electron chi connectivity index (χ0n) is 14.0. The fourth-order valence-corrected chi connectivity index (χ4v) is 13.1. The van der Waals surface area contributed by atoms with Crippen molar-refractivity contribution in [1.82, 2.24) is 0 Å². The molecule has 0 saturated carbocycles. The summed E-state index contributed by atoms with van der Waals surface area (Å²) in [5, 5.41) is 0. The number of hydrogen-bond donors (Lipinski definition) is 0. The second-order valence-electron chi connectivity index (χ2n) is 6.04. The van der Waals surface area contributed by atoms with Gasteiger partial charge in [-0.15, -0.1) is 0 Å². The molecule has 0 N–H and O–H groups in total. The lowest BCUT2D eigenvalue weighted by Gasteiger charge is -2.54. The van der Waals surface area contributed by atoms with Gasteiger partial charge in [-0.25, -0.2) is 0 Å². The topological polar surface area (TPSA) is 0 Å². The van der Waals surface area contributed by atoms with Gasteiger partial charge in [0.05, 0.1) is 3.74 Å². The molecule has 0 aromatic heterocycles. The first-order chi connectivity index (χ1) is 13.2. The summed E-state index contributed by atoms with van der Waals surface area (Å²) < 4.78 is -4.06. The Balaban J connectivity index is 2.67. The molecule has 0 radical (unpaired) electrons. The number of hydrogen-bond acceptors (Lipinski definition) is 0. The number of halogens is 11. The minimum absolute atomic E-state index is 0.161. The molecule has 2 aromatic carbocycles. The van der Waals surface area contributed by atoms with Crippen LogP contribution in [0.25, 0.3) is 0 Å². The van der Waals surface area contributed by atoms with Gasteiger partial charge in [0, 0.05) is 0 Å². The molecule has 2 rings (SSSR count). The highest BCUT2D eigenvalue weighted by molar-refractivity contribution is 9.34. The van der Waals surface area contributed by atoms with Gasteiger partial charge in [-0.2, -0.15) is 0 Å². The summed E-state index contributed by atoms with van der Waals surface area (Å²) in [5.41, 5.74) is 2.06. The van der Waals surface area contributed by atoms with Crippen molar-refractivity contribution in [2.75, 3.05) is 0 Å². The average Bonchev–Trinajstić information content (AvgIpc) is 2.67. The molecule has 0 aliphatic rings. The molecule has 0 aliphatic carbocycles. The van der Waals surface area contributed by atoms with Gasteiger partial charge in [-0.1, -0.05) is 236 Å². The van der Waals surface area contributed by atoms with Crippen LogP contribution in [-0.2, 0) is 7.56 Å². The summed E-state index contributed by atoms with van der Waals surface area (Å²) in [5.74, 6) is 0. The van der Waals surface area contributed by atoms with Crippen molar-refractivity contribution >= 4 is 175 Å². The van der Waals surface area contributed by atoms with Crippen LogP contribution in [-0.4, -0.2) is 13.4 Å². The molecule has 0 fully saturated rings. The fraction of sp³-hybridized carbons (Fsp3) is 0.333. The summed E-state index contributed by atoms with van der Waals surface area (Å²) in [6, 6.07) is 20.2. The van der Waals surface area contributed by atoms with E-state index >= 15 is 0 Å². The van der Waals surface area contributed by atoms with E-state index in [9.17, 15) is 0 Å². The molecule has 0 nitrogen and oxygen atoms in total. The maximum Gasteiger partial charge on any atom is 0.137 e. The molecule has 1 unspecified atom stereocenters. The molecule has 0 aliphatic heterocycles. The Labute approximate surface area is 263 Å². The summed E-state index contributed by atoms with van der Waals surface area (Å²) in [6.07, 6.45) is 0. The van der Waals surface area contributed by atoms with Gasteiger partial charge in [0.2, 0.25) is 0 Å². The lowest BCUT2D eigenvalue weighted by atomic mass is 9.93. The van der Waals surface area contributed by atoms with Crippen molar-refractivity contribution in [2.24, 2.45) is 0 Å². The maximum absolute atomic E-state index is 4.01. The molecule has 11 heteroatoms. The highest BCUT2D eigenvalue weighted by Crippen LogP contribution is 2.74. The highest BCUT2D eigenvalue weighted by atomic mass is 79.9. The standard InChI is InChI=1S/C18H11Br11/c19-13(20)14(21,11-7-3-1-4-8-11)16(24,25)18(28,29)17(26,27)15(22,23)12-9-5-2-6-10-12/h1-10,13H. The summed E-state index contributed by atoms with van der Waals surface area (Å²) >= 11 is 43.0. The normalized spacial score (nSPS) is 16.0. The molecule has 2 aromatic rings. The number of alkyl halides is 11. The van der Waals surface area contributed by atoms with Crippen molar-refractivity contribution in [3.8, 4) is 0 Å². The molecule has 1 atom stereocenters. The first kappa shape index (κ1) is 29.0. The predicted octanol–water partition coefficient (Wildman–Crippen LogP) is 11.5. The van der Waals surface area contributed by atoms with E-state index in [-0.39, 0.29) is 3.74 Å². The summed E-state index contributed by atoms with van der Waals surface area (Å²) in [7, 11) is 0. The second kappa shape index (κ2) is 10.8. The van der Waals surface area contributed by atoms with Gasteiger partial charge in [0.1, 0.15) is 17.3 Å². The third-order valence-electron chi connectivity index (χ3n) is 4.27. The SMILES string of the molecule is BrC(Br)C(Br)(c1ccccc1)C(Br)(Br)C(Br)(Br)C(Br)(Br)C(Br)(Br)c1ccccc1.